The Morgan fingerprint density at radius 1 is 1.11 bits per heavy atom. The molecule has 0 amide bonds. The minimum absolute atomic E-state index is 0.182. The first-order valence-corrected chi connectivity index (χ1v) is 7.15. The topological polar surface area (TPSA) is 12.0 Å². The maximum atomic E-state index is 12.8. The maximum absolute atomic E-state index is 12.8. The summed E-state index contributed by atoms with van der Waals surface area (Å²) in [6, 6.07) is 15.3. The van der Waals surface area contributed by atoms with E-state index in [0.29, 0.717) is 6.04 Å². The summed E-state index contributed by atoms with van der Waals surface area (Å²) >= 11 is 3.47. The van der Waals surface area contributed by atoms with E-state index >= 15 is 0 Å². The molecule has 2 aromatic rings. The molecule has 1 atom stereocenters. The molecule has 3 heteroatoms. The molecule has 1 nitrogen and oxygen atoms in total. The van der Waals surface area contributed by atoms with Gasteiger partial charge < -0.3 is 5.32 Å². The van der Waals surface area contributed by atoms with E-state index in [1.165, 1.54) is 17.7 Å². The van der Waals surface area contributed by atoms with Crippen LogP contribution in [0, 0.1) is 5.82 Å². The molecule has 19 heavy (non-hydrogen) atoms. The van der Waals surface area contributed by atoms with E-state index in [0.717, 1.165) is 23.0 Å². The lowest BCUT2D eigenvalue weighted by Crippen LogP contribution is -2.27. The highest BCUT2D eigenvalue weighted by Gasteiger charge is 2.03. The van der Waals surface area contributed by atoms with Gasteiger partial charge in [-0.1, -0.05) is 40.2 Å². The monoisotopic (exact) mass is 321 g/mol. The van der Waals surface area contributed by atoms with E-state index in [1.807, 2.05) is 24.3 Å². The third-order valence-electron chi connectivity index (χ3n) is 3.00. The van der Waals surface area contributed by atoms with E-state index in [9.17, 15) is 4.39 Å². The molecular formula is C16H17BrFN. The highest BCUT2D eigenvalue weighted by Crippen LogP contribution is 2.12. The van der Waals surface area contributed by atoms with Gasteiger partial charge in [-0.05, 0) is 48.7 Å². The third-order valence-corrected chi connectivity index (χ3v) is 3.49. The fourth-order valence-electron chi connectivity index (χ4n) is 1.99. The van der Waals surface area contributed by atoms with Crippen LogP contribution in [0.4, 0.5) is 4.39 Å². The van der Waals surface area contributed by atoms with E-state index in [1.54, 1.807) is 0 Å². The summed E-state index contributed by atoms with van der Waals surface area (Å²) in [5.41, 5.74) is 2.40. The van der Waals surface area contributed by atoms with Crippen LogP contribution in [-0.2, 0) is 13.0 Å². The van der Waals surface area contributed by atoms with Crippen LogP contribution in [0.2, 0.25) is 0 Å². The smallest absolute Gasteiger partial charge is 0.123 e. The first-order chi connectivity index (χ1) is 9.13. The largest absolute Gasteiger partial charge is 0.310 e. The van der Waals surface area contributed by atoms with Crippen LogP contribution >= 0.6 is 15.9 Å². The summed E-state index contributed by atoms with van der Waals surface area (Å²) in [6.07, 6.45) is 0.897. The third kappa shape index (κ3) is 4.77. The number of hydrogen-bond acceptors (Lipinski definition) is 1. The number of rotatable bonds is 5. The molecule has 0 aliphatic heterocycles. The van der Waals surface area contributed by atoms with Crippen molar-refractivity contribution in [1.82, 2.24) is 5.32 Å². The van der Waals surface area contributed by atoms with E-state index in [-0.39, 0.29) is 5.82 Å². The summed E-state index contributed by atoms with van der Waals surface area (Å²) in [5.74, 6) is -0.182. The quantitative estimate of drug-likeness (QED) is 0.865. The maximum Gasteiger partial charge on any atom is 0.123 e. The molecule has 0 aliphatic carbocycles. The van der Waals surface area contributed by atoms with Gasteiger partial charge in [-0.15, -0.1) is 0 Å². The molecule has 0 fully saturated rings. The molecule has 2 rings (SSSR count). The minimum atomic E-state index is -0.182. The van der Waals surface area contributed by atoms with Crippen LogP contribution < -0.4 is 5.32 Å². The Morgan fingerprint density at radius 2 is 1.84 bits per heavy atom. The van der Waals surface area contributed by atoms with Gasteiger partial charge in [0.1, 0.15) is 5.82 Å². The molecule has 0 aliphatic rings. The van der Waals surface area contributed by atoms with Gasteiger partial charge in [0.05, 0.1) is 0 Å². The second kappa shape index (κ2) is 6.83. The first kappa shape index (κ1) is 14.2. The van der Waals surface area contributed by atoms with Gasteiger partial charge in [0, 0.05) is 17.1 Å². The van der Waals surface area contributed by atoms with Crippen LogP contribution in [0.3, 0.4) is 0 Å². The zero-order valence-electron chi connectivity index (χ0n) is 10.9. The number of nitrogens with one attached hydrogen (secondary N) is 1. The summed E-state index contributed by atoms with van der Waals surface area (Å²) in [7, 11) is 0. The second-order valence-electron chi connectivity index (χ2n) is 4.74. The van der Waals surface area contributed by atoms with Crippen LogP contribution in [0.25, 0.3) is 0 Å². The standard InChI is InChI=1S/C16H17BrFN/c1-12(9-13-5-7-16(18)8-6-13)19-11-14-3-2-4-15(17)10-14/h2-8,10,12,19H,9,11H2,1H3. The van der Waals surface area contributed by atoms with Gasteiger partial charge in [0.2, 0.25) is 0 Å². The fraction of sp³-hybridized carbons (Fsp3) is 0.250. The average Bonchev–Trinajstić information content (AvgIpc) is 2.39. The summed E-state index contributed by atoms with van der Waals surface area (Å²) in [5, 5.41) is 3.47. The van der Waals surface area contributed by atoms with E-state index < -0.39 is 0 Å². The number of halogens is 2. The Balaban J connectivity index is 1.84. The predicted octanol–water partition coefficient (Wildman–Crippen LogP) is 4.31. The van der Waals surface area contributed by atoms with Crippen LogP contribution in [0.1, 0.15) is 18.1 Å². The van der Waals surface area contributed by atoms with E-state index in [4.69, 9.17) is 0 Å². The molecule has 0 radical (unpaired) electrons. The predicted molar refractivity (Wildman–Crippen MR) is 80.5 cm³/mol. The van der Waals surface area contributed by atoms with Crippen molar-refractivity contribution < 1.29 is 4.39 Å². The van der Waals surface area contributed by atoms with Crippen molar-refractivity contribution in [3.8, 4) is 0 Å². The van der Waals surface area contributed by atoms with Crippen LogP contribution in [0.5, 0.6) is 0 Å². The zero-order valence-corrected chi connectivity index (χ0v) is 12.5. The minimum Gasteiger partial charge on any atom is -0.310 e. The Hall–Kier alpha value is -1.19. The normalized spacial score (nSPS) is 12.4. The lowest BCUT2D eigenvalue weighted by molar-refractivity contribution is 0.544. The van der Waals surface area contributed by atoms with E-state index in [2.05, 4.69) is 40.3 Å². The first-order valence-electron chi connectivity index (χ1n) is 6.36. The van der Waals surface area contributed by atoms with Gasteiger partial charge >= 0.3 is 0 Å². The molecule has 2 aromatic carbocycles. The SMILES string of the molecule is CC(Cc1ccc(F)cc1)NCc1cccc(Br)c1. The van der Waals surface area contributed by atoms with Gasteiger partial charge in [0.15, 0.2) is 0 Å². The zero-order chi connectivity index (χ0) is 13.7. The molecule has 1 unspecified atom stereocenters. The summed E-state index contributed by atoms with van der Waals surface area (Å²) < 4.78 is 13.9. The molecule has 0 aromatic heterocycles. The molecule has 0 heterocycles. The van der Waals surface area contributed by atoms with Crippen molar-refractivity contribution in [2.75, 3.05) is 0 Å². The van der Waals surface area contributed by atoms with Crippen molar-refractivity contribution in [1.29, 1.82) is 0 Å². The molecular weight excluding hydrogens is 305 g/mol. The van der Waals surface area contributed by atoms with Gasteiger partial charge in [-0.2, -0.15) is 0 Å². The van der Waals surface area contributed by atoms with Gasteiger partial charge in [0.25, 0.3) is 0 Å². The molecule has 0 saturated heterocycles. The fourth-order valence-corrected chi connectivity index (χ4v) is 2.43. The molecule has 0 saturated carbocycles. The Kier molecular flexibility index (Phi) is 5.11. The molecule has 100 valence electrons. The average molecular weight is 322 g/mol. The van der Waals surface area contributed by atoms with Crippen molar-refractivity contribution in [3.63, 3.8) is 0 Å². The molecule has 0 spiro atoms. The Labute approximate surface area is 122 Å². The summed E-state index contributed by atoms with van der Waals surface area (Å²) in [6.45, 7) is 2.98. The van der Waals surface area contributed by atoms with Crippen molar-refractivity contribution >= 4 is 15.9 Å². The van der Waals surface area contributed by atoms with Gasteiger partial charge in [-0.25, -0.2) is 4.39 Å². The van der Waals surface area contributed by atoms with Gasteiger partial charge in [-0.3, -0.25) is 0 Å². The molecule has 0 bridgehead atoms. The lowest BCUT2D eigenvalue weighted by atomic mass is 10.1. The van der Waals surface area contributed by atoms with Crippen molar-refractivity contribution in [3.05, 3.63) is 69.9 Å². The van der Waals surface area contributed by atoms with Crippen molar-refractivity contribution in [2.45, 2.75) is 25.9 Å². The highest BCUT2D eigenvalue weighted by atomic mass is 79.9. The molecule has 1 N–H and O–H groups in total. The number of hydrogen-bond donors (Lipinski definition) is 1. The van der Waals surface area contributed by atoms with Crippen molar-refractivity contribution in [2.24, 2.45) is 0 Å². The van der Waals surface area contributed by atoms with Crippen LogP contribution in [0.15, 0.2) is 53.0 Å². The lowest BCUT2D eigenvalue weighted by Gasteiger charge is -2.14. The number of benzene rings is 2. The second-order valence-corrected chi connectivity index (χ2v) is 5.66. The van der Waals surface area contributed by atoms with Crippen LogP contribution in [-0.4, -0.2) is 6.04 Å². The Bertz CT molecular complexity index is 525. The Morgan fingerprint density at radius 3 is 2.53 bits per heavy atom. The highest BCUT2D eigenvalue weighted by molar-refractivity contribution is 9.10. The summed E-state index contributed by atoms with van der Waals surface area (Å²) in [4.78, 5) is 0.